The van der Waals surface area contributed by atoms with E-state index in [9.17, 15) is 28.6 Å². The number of aliphatic hydroxyl groups is 1. The molecule has 3 aromatic rings. The molecule has 7 nitrogen and oxygen atoms in total. The SMILES string of the molecule is CC[C@@H](O)c1csc(C(=O)c2cn(P(=O)(O)O)c3cc(F)ccc23)n1. The molecule has 10 heteroatoms. The lowest BCUT2D eigenvalue weighted by atomic mass is 10.1. The molecule has 2 heterocycles. The third-order valence-electron chi connectivity index (χ3n) is 3.72. The van der Waals surface area contributed by atoms with Crippen molar-refractivity contribution in [2.75, 3.05) is 0 Å². The highest BCUT2D eigenvalue weighted by atomic mass is 32.1. The molecule has 3 rings (SSSR count). The van der Waals surface area contributed by atoms with Crippen LogP contribution in [-0.2, 0) is 4.57 Å². The minimum absolute atomic E-state index is 0.00483. The van der Waals surface area contributed by atoms with E-state index in [1.807, 2.05) is 0 Å². The Morgan fingerprint density at radius 2 is 2.16 bits per heavy atom. The van der Waals surface area contributed by atoms with E-state index in [1.54, 1.807) is 12.3 Å². The molecular formula is C15H14FN2O5PS. The van der Waals surface area contributed by atoms with Gasteiger partial charge in [-0.3, -0.25) is 9.13 Å². The molecule has 0 aliphatic carbocycles. The number of benzene rings is 1. The number of aromatic nitrogens is 2. The maximum Gasteiger partial charge on any atom is 0.434 e. The van der Waals surface area contributed by atoms with Crippen molar-refractivity contribution in [3.05, 3.63) is 51.9 Å². The van der Waals surface area contributed by atoms with Crippen molar-refractivity contribution in [1.29, 1.82) is 0 Å². The van der Waals surface area contributed by atoms with Crippen LogP contribution in [0.5, 0.6) is 0 Å². The number of halogens is 1. The van der Waals surface area contributed by atoms with Gasteiger partial charge in [-0.1, -0.05) is 6.92 Å². The van der Waals surface area contributed by atoms with Gasteiger partial charge in [-0.25, -0.2) is 13.9 Å². The smallest absolute Gasteiger partial charge is 0.387 e. The van der Waals surface area contributed by atoms with Gasteiger partial charge in [-0.05, 0) is 24.6 Å². The summed E-state index contributed by atoms with van der Waals surface area (Å²) in [5.74, 6) is -1.23. The summed E-state index contributed by atoms with van der Waals surface area (Å²) < 4.78 is 25.7. The first-order chi connectivity index (χ1) is 11.7. The Bertz CT molecular complexity index is 1010. The largest absolute Gasteiger partial charge is 0.434 e. The maximum absolute atomic E-state index is 13.5. The zero-order chi connectivity index (χ0) is 18.4. The third-order valence-corrected chi connectivity index (χ3v) is 5.47. The fraction of sp³-hybridized carbons (Fsp3) is 0.200. The maximum atomic E-state index is 13.5. The number of rotatable bonds is 5. The predicted molar refractivity (Wildman–Crippen MR) is 90.1 cm³/mol. The topological polar surface area (TPSA) is 113 Å². The number of ketones is 1. The Morgan fingerprint density at radius 1 is 1.44 bits per heavy atom. The number of hydrogen-bond donors (Lipinski definition) is 3. The molecule has 0 aliphatic heterocycles. The summed E-state index contributed by atoms with van der Waals surface area (Å²) in [4.78, 5) is 35.7. The first-order valence-corrected chi connectivity index (χ1v) is 9.72. The Kier molecular flexibility index (Phi) is 4.61. The highest BCUT2D eigenvalue weighted by Crippen LogP contribution is 2.42. The van der Waals surface area contributed by atoms with Gasteiger partial charge in [0.1, 0.15) is 5.82 Å². The van der Waals surface area contributed by atoms with Gasteiger partial charge in [0, 0.05) is 17.0 Å². The summed E-state index contributed by atoms with van der Waals surface area (Å²) in [6.07, 6.45) is 0.655. The van der Waals surface area contributed by atoms with Crippen LogP contribution in [0.2, 0.25) is 0 Å². The molecule has 132 valence electrons. The van der Waals surface area contributed by atoms with Crippen LogP contribution in [0, 0.1) is 5.82 Å². The average Bonchev–Trinajstić information content (AvgIpc) is 3.17. The van der Waals surface area contributed by atoms with E-state index in [4.69, 9.17) is 0 Å². The summed E-state index contributed by atoms with van der Waals surface area (Å²) in [6, 6.07) is 3.36. The zero-order valence-electron chi connectivity index (χ0n) is 13.0. The van der Waals surface area contributed by atoms with E-state index in [0.29, 0.717) is 16.5 Å². The van der Waals surface area contributed by atoms with Crippen LogP contribution >= 0.6 is 19.1 Å². The fourth-order valence-electron chi connectivity index (χ4n) is 2.45. The molecular weight excluding hydrogens is 370 g/mol. The van der Waals surface area contributed by atoms with E-state index in [0.717, 1.165) is 29.7 Å². The molecule has 25 heavy (non-hydrogen) atoms. The molecule has 0 fully saturated rings. The van der Waals surface area contributed by atoms with Gasteiger partial charge in [-0.15, -0.1) is 11.3 Å². The molecule has 0 saturated heterocycles. The van der Waals surface area contributed by atoms with Gasteiger partial charge in [-0.2, -0.15) is 0 Å². The van der Waals surface area contributed by atoms with E-state index < -0.39 is 25.5 Å². The molecule has 0 unspecified atom stereocenters. The molecule has 1 atom stereocenters. The number of thiazole rings is 1. The summed E-state index contributed by atoms with van der Waals surface area (Å²) in [7, 11) is -4.77. The van der Waals surface area contributed by atoms with Crippen molar-refractivity contribution >= 4 is 35.8 Å². The fourth-order valence-corrected chi connectivity index (χ4v) is 3.98. The lowest BCUT2D eigenvalue weighted by molar-refractivity contribution is 0.103. The van der Waals surface area contributed by atoms with E-state index in [-0.39, 0.29) is 21.5 Å². The Morgan fingerprint density at radius 3 is 2.80 bits per heavy atom. The van der Waals surface area contributed by atoms with Crippen molar-refractivity contribution in [3.8, 4) is 0 Å². The number of fused-ring (bicyclic) bond motifs is 1. The Balaban J connectivity index is 2.14. The second-order valence-electron chi connectivity index (χ2n) is 5.39. The first kappa shape index (κ1) is 17.9. The van der Waals surface area contributed by atoms with Gasteiger partial charge in [0.2, 0.25) is 5.78 Å². The standard InChI is InChI=1S/C15H14FN2O5PS/c1-2-13(19)11-7-25-15(17-11)14(20)10-6-18(24(21,22)23)12-5-8(16)3-4-9(10)12/h3-7,13,19H,2H2,1H3,(H2,21,22,23)/t13-/m1/s1. The Labute approximate surface area is 145 Å². The van der Waals surface area contributed by atoms with Crippen LogP contribution in [-0.4, -0.2) is 30.0 Å². The molecule has 0 radical (unpaired) electrons. The molecule has 2 aromatic heterocycles. The minimum atomic E-state index is -4.77. The first-order valence-electron chi connectivity index (χ1n) is 7.27. The van der Waals surface area contributed by atoms with E-state index in [1.165, 1.54) is 6.07 Å². The van der Waals surface area contributed by atoms with Gasteiger partial charge >= 0.3 is 7.75 Å². The van der Waals surface area contributed by atoms with Crippen molar-refractivity contribution in [1.82, 2.24) is 9.32 Å². The van der Waals surface area contributed by atoms with Gasteiger partial charge in [0.15, 0.2) is 5.01 Å². The lowest BCUT2D eigenvalue weighted by Gasteiger charge is -2.05. The molecule has 1 aromatic carbocycles. The summed E-state index contributed by atoms with van der Waals surface area (Å²) in [5, 5.41) is 11.6. The van der Waals surface area contributed by atoms with Crippen LogP contribution in [0.15, 0.2) is 29.8 Å². The average molecular weight is 384 g/mol. The van der Waals surface area contributed by atoms with E-state index >= 15 is 0 Å². The van der Waals surface area contributed by atoms with Crippen LogP contribution in [0.25, 0.3) is 10.9 Å². The molecule has 0 saturated carbocycles. The quantitative estimate of drug-likeness (QED) is 0.461. The number of aliphatic hydroxyl groups excluding tert-OH is 1. The van der Waals surface area contributed by atoms with Crippen molar-refractivity contribution < 1.29 is 28.6 Å². The molecule has 0 spiro atoms. The number of carbonyl (C=O) groups is 1. The normalized spacial score (nSPS) is 13.3. The second kappa shape index (κ2) is 6.44. The van der Waals surface area contributed by atoms with Crippen molar-refractivity contribution in [2.24, 2.45) is 0 Å². The zero-order valence-corrected chi connectivity index (χ0v) is 14.7. The van der Waals surface area contributed by atoms with E-state index in [2.05, 4.69) is 4.98 Å². The van der Waals surface area contributed by atoms with Gasteiger partial charge in [0.25, 0.3) is 0 Å². The van der Waals surface area contributed by atoms with Gasteiger partial charge < -0.3 is 14.9 Å². The molecule has 0 amide bonds. The lowest BCUT2D eigenvalue weighted by Crippen LogP contribution is -2.02. The number of hydrogen-bond acceptors (Lipinski definition) is 5. The molecule has 0 aliphatic rings. The summed E-state index contributed by atoms with van der Waals surface area (Å²) >= 11 is 1.03. The highest BCUT2D eigenvalue weighted by Gasteiger charge is 2.26. The van der Waals surface area contributed by atoms with Gasteiger partial charge in [0.05, 0.1) is 22.9 Å². The molecule has 3 N–H and O–H groups in total. The summed E-state index contributed by atoms with van der Waals surface area (Å²) in [5.41, 5.74) is 0.285. The van der Waals surface area contributed by atoms with Crippen LogP contribution < -0.4 is 0 Å². The Hall–Kier alpha value is -1.90. The predicted octanol–water partition coefficient (Wildman–Crippen LogP) is 2.85. The monoisotopic (exact) mass is 384 g/mol. The third kappa shape index (κ3) is 3.29. The number of carbonyl (C=O) groups excluding carboxylic acids is 1. The summed E-state index contributed by atoms with van der Waals surface area (Å²) in [6.45, 7) is 1.77. The highest BCUT2D eigenvalue weighted by molar-refractivity contribution is 7.50. The van der Waals surface area contributed by atoms with Crippen LogP contribution in [0.4, 0.5) is 4.39 Å². The molecule has 0 bridgehead atoms. The van der Waals surface area contributed by atoms with Crippen molar-refractivity contribution in [2.45, 2.75) is 19.4 Å². The number of nitrogens with zero attached hydrogens (tertiary/aromatic N) is 2. The van der Waals surface area contributed by atoms with Crippen LogP contribution in [0.1, 0.15) is 40.5 Å². The second-order valence-corrected chi connectivity index (χ2v) is 7.71. The van der Waals surface area contributed by atoms with Crippen molar-refractivity contribution in [3.63, 3.8) is 0 Å². The minimum Gasteiger partial charge on any atom is -0.387 e. The van der Waals surface area contributed by atoms with Crippen LogP contribution in [0.3, 0.4) is 0 Å².